The number of aldehydes is 1. The van der Waals surface area contributed by atoms with Crippen molar-refractivity contribution in [2.24, 2.45) is 0 Å². The first kappa shape index (κ1) is 6.14. The molecular formula is C4H7NO2. The van der Waals surface area contributed by atoms with Crippen molar-refractivity contribution in [2.45, 2.75) is 6.42 Å². The molecule has 0 aromatic carbocycles. The van der Waals surface area contributed by atoms with E-state index in [4.69, 9.17) is 0 Å². The summed E-state index contributed by atoms with van der Waals surface area (Å²) in [7, 11) is 1.49. The third-order valence-electron chi connectivity index (χ3n) is 0.548. The maximum atomic E-state index is 10.1. The van der Waals surface area contributed by atoms with Gasteiger partial charge in [0.25, 0.3) is 0 Å². The lowest BCUT2D eigenvalue weighted by atomic mass is 10.4. The van der Waals surface area contributed by atoms with Crippen molar-refractivity contribution < 1.29 is 9.59 Å². The lowest BCUT2D eigenvalue weighted by Gasteiger charge is -1.86. The van der Waals surface area contributed by atoms with E-state index >= 15 is 0 Å². The summed E-state index contributed by atoms with van der Waals surface area (Å²) >= 11 is 0. The van der Waals surface area contributed by atoms with Crippen LogP contribution in [0.5, 0.6) is 0 Å². The average Bonchev–Trinajstić information content (AvgIpc) is 1.68. The fourth-order valence-electron chi connectivity index (χ4n) is 0.178. The predicted octanol–water partition coefficient (Wildman–Crippen LogP) is -0.679. The molecule has 0 aromatic heterocycles. The van der Waals surface area contributed by atoms with Gasteiger partial charge in [-0.05, 0) is 0 Å². The first-order valence-corrected chi connectivity index (χ1v) is 1.95. The zero-order valence-corrected chi connectivity index (χ0v) is 4.10. The van der Waals surface area contributed by atoms with E-state index in [1.807, 2.05) is 0 Å². The topological polar surface area (TPSA) is 46.2 Å². The van der Waals surface area contributed by atoms with E-state index in [9.17, 15) is 9.59 Å². The van der Waals surface area contributed by atoms with Crippen LogP contribution in [-0.4, -0.2) is 19.2 Å². The Morgan fingerprint density at radius 3 is 2.57 bits per heavy atom. The normalized spacial score (nSPS) is 7.57. The Hall–Kier alpha value is -0.860. The first-order valence-electron chi connectivity index (χ1n) is 1.95. The molecule has 0 saturated carbocycles. The molecule has 3 heteroatoms. The van der Waals surface area contributed by atoms with E-state index in [2.05, 4.69) is 5.32 Å². The third kappa shape index (κ3) is 2.96. The first-order chi connectivity index (χ1) is 3.31. The van der Waals surface area contributed by atoms with Crippen molar-refractivity contribution in [3.05, 3.63) is 0 Å². The van der Waals surface area contributed by atoms with Crippen molar-refractivity contribution in [3.8, 4) is 0 Å². The zero-order chi connectivity index (χ0) is 5.70. The number of nitrogens with one attached hydrogen (secondary N) is 1. The molecule has 0 heterocycles. The van der Waals surface area contributed by atoms with Crippen LogP contribution in [0.15, 0.2) is 0 Å². The molecule has 0 unspecified atom stereocenters. The summed E-state index contributed by atoms with van der Waals surface area (Å²) in [5.41, 5.74) is 0. The summed E-state index contributed by atoms with van der Waals surface area (Å²) < 4.78 is 0. The average molecular weight is 101 g/mol. The number of amides is 1. The number of carbonyl (C=O) groups is 2. The fraction of sp³-hybridized carbons (Fsp3) is 0.500. The lowest BCUT2D eigenvalue weighted by molar-refractivity contribution is -0.123. The molecule has 1 amide bonds. The lowest BCUT2D eigenvalue weighted by Crippen LogP contribution is -2.17. The van der Waals surface area contributed by atoms with Crippen LogP contribution < -0.4 is 5.32 Å². The standard InChI is InChI=1S/C4H7NO2/c1-5-4(7)2-3-6/h3H,2H2,1H3,(H,5,7). The van der Waals surface area contributed by atoms with Gasteiger partial charge >= 0.3 is 0 Å². The molecule has 3 nitrogen and oxygen atoms in total. The van der Waals surface area contributed by atoms with Gasteiger partial charge in [-0.25, -0.2) is 0 Å². The van der Waals surface area contributed by atoms with E-state index in [0.29, 0.717) is 6.29 Å². The maximum Gasteiger partial charge on any atom is 0.226 e. The minimum absolute atomic E-state index is 0.0312. The van der Waals surface area contributed by atoms with Crippen molar-refractivity contribution in [1.29, 1.82) is 0 Å². The summed E-state index contributed by atoms with van der Waals surface area (Å²) in [5, 5.41) is 2.30. The van der Waals surface area contributed by atoms with E-state index in [0.717, 1.165) is 0 Å². The highest BCUT2D eigenvalue weighted by atomic mass is 16.2. The molecule has 0 spiro atoms. The van der Waals surface area contributed by atoms with Crippen LogP contribution in [0.2, 0.25) is 0 Å². The molecule has 0 aliphatic rings. The van der Waals surface area contributed by atoms with Gasteiger partial charge in [0, 0.05) is 7.05 Å². The van der Waals surface area contributed by atoms with Crippen molar-refractivity contribution in [3.63, 3.8) is 0 Å². The molecule has 1 N–H and O–H groups in total. The minimum Gasteiger partial charge on any atom is -0.359 e. The van der Waals surface area contributed by atoms with Gasteiger partial charge in [-0.3, -0.25) is 4.79 Å². The van der Waals surface area contributed by atoms with Gasteiger partial charge in [-0.2, -0.15) is 0 Å². The SMILES string of the molecule is CNC(=O)CC=O. The smallest absolute Gasteiger partial charge is 0.226 e. The van der Waals surface area contributed by atoms with Crippen LogP contribution in [0.1, 0.15) is 6.42 Å². The van der Waals surface area contributed by atoms with E-state index < -0.39 is 0 Å². The second-order valence-electron chi connectivity index (χ2n) is 1.04. The van der Waals surface area contributed by atoms with Crippen molar-refractivity contribution in [1.82, 2.24) is 5.32 Å². The van der Waals surface area contributed by atoms with Gasteiger partial charge in [0.05, 0.1) is 6.42 Å². The molecule has 0 saturated heterocycles. The Kier molecular flexibility index (Phi) is 2.92. The molecule has 7 heavy (non-hydrogen) atoms. The second kappa shape index (κ2) is 3.33. The zero-order valence-electron chi connectivity index (χ0n) is 4.10. The predicted molar refractivity (Wildman–Crippen MR) is 24.7 cm³/mol. The van der Waals surface area contributed by atoms with E-state index in [1.54, 1.807) is 0 Å². The molecule has 0 fully saturated rings. The molecule has 0 bridgehead atoms. The Morgan fingerprint density at radius 1 is 1.86 bits per heavy atom. The van der Waals surface area contributed by atoms with E-state index in [1.165, 1.54) is 7.05 Å². The molecule has 0 rings (SSSR count). The third-order valence-corrected chi connectivity index (χ3v) is 0.548. The van der Waals surface area contributed by atoms with Crippen LogP contribution in [0, 0.1) is 0 Å². The van der Waals surface area contributed by atoms with Gasteiger partial charge in [0.15, 0.2) is 0 Å². The largest absolute Gasteiger partial charge is 0.359 e. The Morgan fingerprint density at radius 2 is 2.43 bits per heavy atom. The Labute approximate surface area is 41.7 Å². The van der Waals surface area contributed by atoms with Crippen LogP contribution in [0.3, 0.4) is 0 Å². The number of hydrogen-bond donors (Lipinski definition) is 1. The highest BCUT2D eigenvalue weighted by Gasteiger charge is 1.90. The summed E-state index contributed by atoms with van der Waals surface area (Å²) in [4.78, 5) is 19.6. The molecule has 0 aliphatic carbocycles. The molecule has 40 valence electrons. The van der Waals surface area contributed by atoms with Gasteiger partial charge in [-0.15, -0.1) is 0 Å². The molecule has 0 radical (unpaired) electrons. The summed E-state index contributed by atoms with van der Waals surface area (Å²) in [6, 6.07) is 0. The second-order valence-corrected chi connectivity index (χ2v) is 1.04. The molecular weight excluding hydrogens is 94.0 g/mol. The number of carbonyl (C=O) groups excluding carboxylic acids is 2. The maximum absolute atomic E-state index is 10.1. The molecule has 0 aliphatic heterocycles. The summed E-state index contributed by atoms with van der Waals surface area (Å²) in [6.07, 6.45) is 0.537. The van der Waals surface area contributed by atoms with Gasteiger partial charge in [-0.1, -0.05) is 0 Å². The highest BCUT2D eigenvalue weighted by molar-refractivity contribution is 5.87. The Bertz CT molecular complexity index is 79.8. The van der Waals surface area contributed by atoms with Gasteiger partial charge in [0.1, 0.15) is 6.29 Å². The number of hydrogen-bond acceptors (Lipinski definition) is 2. The van der Waals surface area contributed by atoms with Crippen LogP contribution in [-0.2, 0) is 9.59 Å². The van der Waals surface area contributed by atoms with Crippen molar-refractivity contribution >= 4 is 12.2 Å². The summed E-state index contributed by atoms with van der Waals surface area (Å²) in [5.74, 6) is -0.241. The molecule has 0 atom stereocenters. The number of rotatable bonds is 2. The van der Waals surface area contributed by atoms with Crippen molar-refractivity contribution in [2.75, 3.05) is 7.05 Å². The monoisotopic (exact) mass is 101 g/mol. The summed E-state index contributed by atoms with van der Waals surface area (Å²) in [6.45, 7) is 0. The Balaban J connectivity index is 3.17. The van der Waals surface area contributed by atoms with Crippen LogP contribution in [0.4, 0.5) is 0 Å². The van der Waals surface area contributed by atoms with Gasteiger partial charge < -0.3 is 10.1 Å². The van der Waals surface area contributed by atoms with E-state index in [-0.39, 0.29) is 12.3 Å². The fourth-order valence-corrected chi connectivity index (χ4v) is 0.178. The van der Waals surface area contributed by atoms with Crippen LogP contribution in [0.25, 0.3) is 0 Å². The quantitative estimate of drug-likeness (QED) is 0.370. The van der Waals surface area contributed by atoms with Crippen LogP contribution >= 0.6 is 0 Å². The molecule has 0 aromatic rings. The minimum atomic E-state index is -0.241. The highest BCUT2D eigenvalue weighted by Crippen LogP contribution is 1.66. The van der Waals surface area contributed by atoms with Gasteiger partial charge in [0.2, 0.25) is 5.91 Å².